The predicted molar refractivity (Wildman–Crippen MR) is 135 cm³/mol. The maximum atomic E-state index is 13.1. The predicted octanol–water partition coefficient (Wildman–Crippen LogP) is 3.06. The van der Waals surface area contributed by atoms with Gasteiger partial charge < -0.3 is 10.2 Å². The maximum absolute atomic E-state index is 13.1. The number of nitro benzene ring substituents is 1. The number of aromatic nitrogens is 5. The van der Waals surface area contributed by atoms with Gasteiger partial charge in [0.25, 0.3) is 17.5 Å². The van der Waals surface area contributed by atoms with Crippen LogP contribution in [-0.2, 0) is 6.54 Å². The van der Waals surface area contributed by atoms with Crippen molar-refractivity contribution in [2.24, 2.45) is 0 Å². The summed E-state index contributed by atoms with van der Waals surface area (Å²) in [5, 5.41) is 29.1. The molecule has 0 saturated carbocycles. The number of aryl methyl sites for hydroxylation is 2. The van der Waals surface area contributed by atoms with Crippen LogP contribution in [0.5, 0.6) is 0 Å². The van der Waals surface area contributed by atoms with Crippen molar-refractivity contribution in [1.82, 2.24) is 35.0 Å². The van der Waals surface area contributed by atoms with Gasteiger partial charge in [-0.15, -0.1) is 21.5 Å². The quantitative estimate of drug-likeness (QED) is 0.301. The second kappa shape index (κ2) is 10.0. The highest BCUT2D eigenvalue weighted by Gasteiger charge is 2.29. The fourth-order valence-corrected chi connectivity index (χ4v) is 5.41. The molecule has 0 radical (unpaired) electrons. The van der Waals surface area contributed by atoms with Crippen LogP contribution in [0.2, 0.25) is 0 Å². The first-order valence-electron chi connectivity index (χ1n) is 11.8. The Balaban J connectivity index is 1.19. The van der Waals surface area contributed by atoms with Crippen LogP contribution in [0.25, 0.3) is 5.65 Å². The second-order valence-corrected chi connectivity index (χ2v) is 9.79. The van der Waals surface area contributed by atoms with E-state index in [4.69, 9.17) is 0 Å². The lowest BCUT2D eigenvalue weighted by Crippen LogP contribution is -2.39. The Bertz CT molecular complexity index is 1510. The van der Waals surface area contributed by atoms with Crippen LogP contribution in [0, 0.1) is 24.0 Å². The zero-order valence-electron chi connectivity index (χ0n) is 20.2. The number of carbonyl (C=O) groups excluding carboxylic acids is 2. The van der Waals surface area contributed by atoms with Gasteiger partial charge in [-0.25, -0.2) is 9.50 Å². The van der Waals surface area contributed by atoms with E-state index in [-0.39, 0.29) is 35.7 Å². The van der Waals surface area contributed by atoms with Crippen LogP contribution in [0.4, 0.5) is 5.69 Å². The molecule has 0 atom stereocenters. The minimum absolute atomic E-state index is 0.0372. The number of amides is 2. The van der Waals surface area contributed by atoms with Crippen LogP contribution in [0.15, 0.2) is 35.7 Å². The van der Waals surface area contributed by atoms with Crippen molar-refractivity contribution >= 4 is 34.5 Å². The highest BCUT2D eigenvalue weighted by atomic mass is 32.1. The summed E-state index contributed by atoms with van der Waals surface area (Å²) in [7, 11) is 0. The average molecular weight is 521 g/mol. The molecule has 0 aliphatic carbocycles. The summed E-state index contributed by atoms with van der Waals surface area (Å²) < 4.78 is 1.64. The van der Waals surface area contributed by atoms with Crippen molar-refractivity contribution in [1.29, 1.82) is 0 Å². The molecule has 1 N–H and O–H groups in total. The molecule has 12 nitrogen and oxygen atoms in total. The zero-order valence-corrected chi connectivity index (χ0v) is 21.1. The van der Waals surface area contributed by atoms with Gasteiger partial charge in [0.05, 0.1) is 21.3 Å². The van der Waals surface area contributed by atoms with E-state index < -0.39 is 4.92 Å². The van der Waals surface area contributed by atoms with Crippen LogP contribution in [0.3, 0.4) is 0 Å². The van der Waals surface area contributed by atoms with E-state index in [0.29, 0.717) is 48.5 Å². The molecule has 3 aromatic heterocycles. The molecule has 1 aliphatic rings. The van der Waals surface area contributed by atoms with Gasteiger partial charge in [0, 0.05) is 48.6 Å². The highest BCUT2D eigenvalue weighted by Crippen LogP contribution is 2.31. The van der Waals surface area contributed by atoms with Crippen molar-refractivity contribution in [3.63, 3.8) is 0 Å². The maximum Gasteiger partial charge on any atom is 0.276 e. The van der Waals surface area contributed by atoms with Crippen molar-refractivity contribution in [3.8, 4) is 0 Å². The van der Waals surface area contributed by atoms with Crippen molar-refractivity contribution < 1.29 is 14.5 Å². The minimum Gasteiger partial charge on any atom is -0.346 e. The Kier molecular flexibility index (Phi) is 6.61. The second-order valence-electron chi connectivity index (χ2n) is 8.90. The van der Waals surface area contributed by atoms with Gasteiger partial charge in [0.1, 0.15) is 5.69 Å². The fourth-order valence-electron chi connectivity index (χ4n) is 4.44. The summed E-state index contributed by atoms with van der Waals surface area (Å²) in [6, 6.07) is 8.11. The number of para-hydroxylation sites is 1. The Morgan fingerprint density at radius 1 is 1.19 bits per heavy atom. The average Bonchev–Trinajstić information content (AvgIpc) is 3.54. The number of benzene rings is 1. The monoisotopic (exact) mass is 520 g/mol. The molecular weight excluding hydrogens is 496 g/mol. The van der Waals surface area contributed by atoms with Crippen molar-refractivity contribution in [2.45, 2.75) is 39.2 Å². The molecule has 190 valence electrons. The lowest BCUT2D eigenvalue weighted by molar-refractivity contribution is -0.385. The topological polar surface area (TPSA) is 149 Å². The van der Waals surface area contributed by atoms with Gasteiger partial charge >= 0.3 is 0 Å². The van der Waals surface area contributed by atoms with Crippen LogP contribution < -0.4 is 5.32 Å². The molecule has 37 heavy (non-hydrogen) atoms. The Labute approximate surface area is 215 Å². The minimum atomic E-state index is -0.468. The van der Waals surface area contributed by atoms with Gasteiger partial charge in [-0.05, 0) is 26.7 Å². The van der Waals surface area contributed by atoms with Crippen molar-refractivity contribution in [2.75, 3.05) is 13.1 Å². The standard InChI is InChI=1S/C24H24N8O4S/c1-14-11-20-27-28-21(15(2)31(20)29-14)24(34)30-9-7-16(8-10-30)23-26-18(13-37-23)22(33)25-12-17-5-3-4-6-19(17)32(35)36/h3-6,11,13,16H,7-10,12H2,1-2H3,(H,25,33). The van der Waals surface area contributed by atoms with E-state index in [2.05, 4.69) is 25.6 Å². The molecule has 2 amide bonds. The first kappa shape index (κ1) is 24.4. The molecule has 1 fully saturated rings. The number of nitro groups is 1. The highest BCUT2D eigenvalue weighted by molar-refractivity contribution is 7.09. The zero-order chi connectivity index (χ0) is 26.1. The summed E-state index contributed by atoms with van der Waals surface area (Å²) in [6.45, 7) is 4.80. The smallest absolute Gasteiger partial charge is 0.276 e. The summed E-state index contributed by atoms with van der Waals surface area (Å²) >= 11 is 1.41. The number of rotatable bonds is 6. The Hall–Kier alpha value is -4.26. The molecule has 4 aromatic rings. The molecular formula is C24H24N8O4S. The Morgan fingerprint density at radius 3 is 2.70 bits per heavy atom. The molecule has 1 saturated heterocycles. The van der Waals surface area contributed by atoms with E-state index in [1.54, 1.807) is 33.0 Å². The van der Waals surface area contributed by atoms with E-state index in [1.165, 1.54) is 17.4 Å². The van der Waals surface area contributed by atoms with E-state index in [0.717, 1.165) is 10.7 Å². The number of likely N-dealkylation sites (tertiary alicyclic amines) is 1. The summed E-state index contributed by atoms with van der Waals surface area (Å²) in [4.78, 5) is 42.7. The number of thiazole rings is 1. The normalized spacial score (nSPS) is 14.2. The first-order valence-corrected chi connectivity index (χ1v) is 12.6. The number of piperidine rings is 1. The third kappa shape index (κ3) is 4.89. The van der Waals surface area contributed by atoms with Gasteiger partial charge in [0.15, 0.2) is 11.3 Å². The number of hydrogen-bond acceptors (Lipinski definition) is 9. The SMILES string of the molecule is Cc1cc2nnc(C(=O)N3CCC(c4nc(C(=O)NCc5ccccc5[N+](=O)[O-])cs4)CC3)c(C)n2n1. The molecule has 0 unspecified atom stereocenters. The van der Waals surface area contributed by atoms with Crippen LogP contribution in [0.1, 0.15) is 61.7 Å². The molecule has 4 heterocycles. The number of hydrogen-bond donors (Lipinski definition) is 1. The fraction of sp³-hybridized carbons (Fsp3) is 0.333. The molecule has 0 spiro atoms. The summed E-state index contributed by atoms with van der Waals surface area (Å²) in [6.07, 6.45) is 1.43. The third-order valence-corrected chi connectivity index (χ3v) is 7.45. The molecule has 1 aromatic carbocycles. The number of nitrogens with one attached hydrogen (secondary N) is 1. The molecule has 1 aliphatic heterocycles. The largest absolute Gasteiger partial charge is 0.346 e. The third-order valence-electron chi connectivity index (χ3n) is 6.44. The van der Waals surface area contributed by atoms with Gasteiger partial charge in [-0.3, -0.25) is 19.7 Å². The lowest BCUT2D eigenvalue weighted by Gasteiger charge is -2.31. The molecule has 0 bridgehead atoms. The van der Waals surface area contributed by atoms with Crippen LogP contribution >= 0.6 is 11.3 Å². The van der Waals surface area contributed by atoms with E-state index >= 15 is 0 Å². The van der Waals surface area contributed by atoms with Crippen LogP contribution in [-0.4, -0.2) is 59.5 Å². The van der Waals surface area contributed by atoms with E-state index in [9.17, 15) is 19.7 Å². The Morgan fingerprint density at radius 2 is 1.95 bits per heavy atom. The van der Waals surface area contributed by atoms with Gasteiger partial charge in [-0.2, -0.15) is 5.10 Å². The number of nitrogens with zero attached hydrogens (tertiary/aromatic N) is 7. The molecule has 13 heteroatoms. The number of fused-ring (bicyclic) bond motifs is 1. The van der Waals surface area contributed by atoms with Gasteiger partial charge in [0.2, 0.25) is 0 Å². The molecule has 5 rings (SSSR count). The lowest BCUT2D eigenvalue weighted by atomic mass is 9.97. The van der Waals surface area contributed by atoms with E-state index in [1.807, 2.05) is 19.9 Å². The van der Waals surface area contributed by atoms with Crippen molar-refractivity contribution in [3.05, 3.63) is 79.2 Å². The first-order chi connectivity index (χ1) is 17.8. The number of carbonyl (C=O) groups is 2. The summed E-state index contributed by atoms with van der Waals surface area (Å²) in [5.41, 5.74) is 3.03. The van der Waals surface area contributed by atoms with Gasteiger partial charge in [-0.1, -0.05) is 18.2 Å². The summed E-state index contributed by atoms with van der Waals surface area (Å²) in [5.74, 6) is -0.423.